The number of alkyl halides is 9. The zero-order valence-electron chi connectivity index (χ0n) is 10.2. The summed E-state index contributed by atoms with van der Waals surface area (Å²) in [5.74, 6) is 0. The molecule has 0 bridgehead atoms. The Labute approximate surface area is 118 Å². The summed E-state index contributed by atoms with van der Waals surface area (Å²) < 4.78 is 155. The second kappa shape index (κ2) is 7.02. The Bertz CT molecular complexity index is 434. The van der Waals surface area contributed by atoms with Crippen molar-refractivity contribution >= 4 is 0 Å². The van der Waals surface area contributed by atoms with Crippen LogP contribution in [0.25, 0.3) is 0 Å². The van der Waals surface area contributed by atoms with Gasteiger partial charge in [0.2, 0.25) is 0 Å². The minimum atomic E-state index is -6.49. The van der Waals surface area contributed by atoms with E-state index in [1.807, 2.05) is 0 Å². The summed E-state index contributed by atoms with van der Waals surface area (Å²) in [6.45, 7) is -6.14. The molecule has 0 aromatic rings. The Morgan fingerprint density at radius 3 is 1.43 bits per heavy atom. The minimum Gasteiger partial charge on any atom is -0.399 e. The molecule has 23 heavy (non-hydrogen) atoms. The Morgan fingerprint density at radius 1 is 0.696 bits per heavy atom. The van der Waals surface area contributed by atoms with Gasteiger partial charge in [-0.25, -0.2) is 18.3 Å². The second-order valence-corrected chi connectivity index (χ2v) is 3.44. The molecule has 0 aromatic carbocycles. The maximum Gasteiger partial charge on any atom is 0.465 e. The Morgan fingerprint density at radius 2 is 1.09 bits per heavy atom. The topological polar surface area (TPSA) is 27.7 Å². The van der Waals surface area contributed by atoms with E-state index in [1.165, 1.54) is 0 Å². The van der Waals surface area contributed by atoms with Crippen molar-refractivity contribution in [3.05, 3.63) is 12.1 Å². The summed E-state index contributed by atoms with van der Waals surface area (Å²) in [5.41, 5.74) is 0. The van der Waals surface area contributed by atoms with E-state index in [9.17, 15) is 52.7 Å². The predicted molar refractivity (Wildman–Crippen MR) is 44.2 cm³/mol. The van der Waals surface area contributed by atoms with Crippen LogP contribution in [0.4, 0.5) is 52.7 Å². The summed E-state index contributed by atoms with van der Waals surface area (Å²) in [6, 6.07) is -9.82. The molecule has 0 saturated carbocycles. The summed E-state index contributed by atoms with van der Waals surface area (Å²) >= 11 is 0. The largest absolute Gasteiger partial charge is 0.465 e. The van der Waals surface area contributed by atoms with Gasteiger partial charge in [0, 0.05) is 0 Å². The van der Waals surface area contributed by atoms with E-state index < -0.39 is 49.8 Å². The third kappa shape index (κ3) is 5.96. The molecule has 0 heterocycles. The van der Waals surface area contributed by atoms with Gasteiger partial charge in [0.15, 0.2) is 13.3 Å². The third-order valence-electron chi connectivity index (χ3n) is 1.59. The predicted octanol–water partition coefficient (Wildman–Crippen LogP) is 4.41. The van der Waals surface area contributed by atoms with Crippen molar-refractivity contribution in [3.63, 3.8) is 0 Å². The van der Waals surface area contributed by atoms with Crippen LogP contribution in [0.5, 0.6) is 0 Å². The van der Waals surface area contributed by atoms with Crippen LogP contribution in [-0.2, 0) is 14.2 Å². The van der Waals surface area contributed by atoms with Gasteiger partial charge in [-0.15, -0.1) is 0 Å². The Balaban J connectivity index is 5.78. The van der Waals surface area contributed by atoms with E-state index in [-0.39, 0.29) is 0 Å². The minimum absolute atomic E-state index is 2.15. The van der Waals surface area contributed by atoms with Crippen LogP contribution in [0, 0.1) is 0 Å². The number of rotatable bonds is 9. The lowest BCUT2D eigenvalue weighted by Crippen LogP contribution is -2.56. The molecule has 0 aromatic heterocycles. The van der Waals surface area contributed by atoms with Gasteiger partial charge in [0.1, 0.15) is 0 Å². The Kier molecular flexibility index (Phi) is 6.60. The SMILES string of the molecule is FCC(F)(F)OC(F)(F)C(F)(OC(F)=C(F)F)OC(F)(F)CF. The van der Waals surface area contributed by atoms with Crippen LogP contribution in [0.15, 0.2) is 12.1 Å². The van der Waals surface area contributed by atoms with Crippen molar-refractivity contribution in [2.75, 3.05) is 13.3 Å². The maximum atomic E-state index is 13.5. The van der Waals surface area contributed by atoms with E-state index >= 15 is 0 Å². The highest BCUT2D eigenvalue weighted by molar-refractivity contribution is 4.86. The van der Waals surface area contributed by atoms with E-state index in [0.717, 1.165) is 0 Å². The lowest BCUT2D eigenvalue weighted by Gasteiger charge is -2.34. The fourth-order valence-electron chi connectivity index (χ4n) is 0.789. The van der Waals surface area contributed by atoms with E-state index in [1.54, 1.807) is 0 Å². The van der Waals surface area contributed by atoms with Crippen LogP contribution >= 0.6 is 0 Å². The Hall–Kier alpha value is -1.38. The lowest BCUT2D eigenvalue weighted by atomic mass is 10.5. The molecular formula is C8H4F12O3. The van der Waals surface area contributed by atoms with Gasteiger partial charge >= 0.3 is 36.5 Å². The quantitative estimate of drug-likeness (QED) is 0.339. The van der Waals surface area contributed by atoms with Crippen LogP contribution in [-0.4, -0.2) is 37.7 Å². The van der Waals surface area contributed by atoms with Crippen molar-refractivity contribution < 1.29 is 66.9 Å². The fraction of sp³-hybridized carbons (Fsp3) is 0.750. The average Bonchev–Trinajstić information content (AvgIpc) is 2.36. The highest BCUT2D eigenvalue weighted by Crippen LogP contribution is 2.44. The van der Waals surface area contributed by atoms with Gasteiger partial charge in [-0.3, -0.25) is 0 Å². The van der Waals surface area contributed by atoms with Crippen molar-refractivity contribution in [2.24, 2.45) is 0 Å². The number of hydrogen-bond acceptors (Lipinski definition) is 3. The van der Waals surface area contributed by atoms with Gasteiger partial charge < -0.3 is 4.74 Å². The molecule has 1 atom stereocenters. The molecule has 0 fully saturated rings. The normalized spacial score (nSPS) is 16.0. The van der Waals surface area contributed by atoms with E-state index in [0.29, 0.717) is 0 Å². The molecule has 0 saturated heterocycles. The fourth-order valence-corrected chi connectivity index (χ4v) is 0.789. The maximum absolute atomic E-state index is 13.5. The number of hydrogen-bond donors (Lipinski definition) is 0. The molecule has 0 aliphatic heterocycles. The zero-order chi connectivity index (χ0) is 18.7. The first-order chi connectivity index (χ1) is 10.1. The molecule has 3 nitrogen and oxygen atoms in total. The molecule has 0 N–H and O–H groups in total. The summed E-state index contributed by atoms with van der Waals surface area (Å²) in [6.07, 6.45) is -21.3. The highest BCUT2D eigenvalue weighted by atomic mass is 19.3. The van der Waals surface area contributed by atoms with Gasteiger partial charge in [-0.05, 0) is 0 Å². The monoisotopic (exact) mass is 376 g/mol. The van der Waals surface area contributed by atoms with E-state index in [2.05, 4.69) is 14.2 Å². The first-order valence-corrected chi connectivity index (χ1v) is 4.86. The van der Waals surface area contributed by atoms with E-state index in [4.69, 9.17) is 0 Å². The molecule has 0 aliphatic rings. The molecule has 0 rings (SSSR count). The van der Waals surface area contributed by atoms with Crippen molar-refractivity contribution in [2.45, 2.75) is 24.4 Å². The summed E-state index contributed by atoms with van der Waals surface area (Å²) in [5, 5.41) is 0. The second-order valence-electron chi connectivity index (χ2n) is 3.44. The zero-order valence-corrected chi connectivity index (χ0v) is 10.2. The third-order valence-corrected chi connectivity index (χ3v) is 1.59. The van der Waals surface area contributed by atoms with Gasteiger partial charge in [-0.2, -0.15) is 43.9 Å². The van der Waals surface area contributed by atoms with Crippen molar-refractivity contribution in [1.29, 1.82) is 0 Å². The molecule has 0 amide bonds. The molecule has 0 radical (unpaired) electrons. The number of ether oxygens (including phenoxy) is 3. The van der Waals surface area contributed by atoms with Gasteiger partial charge in [0.25, 0.3) is 0 Å². The van der Waals surface area contributed by atoms with Gasteiger partial charge in [0.05, 0.1) is 0 Å². The molecule has 0 aliphatic carbocycles. The molecule has 0 spiro atoms. The van der Waals surface area contributed by atoms with Crippen molar-refractivity contribution in [3.8, 4) is 0 Å². The van der Waals surface area contributed by atoms with Crippen LogP contribution in [0.1, 0.15) is 0 Å². The molecule has 1 unspecified atom stereocenters. The first kappa shape index (κ1) is 21.6. The smallest absolute Gasteiger partial charge is 0.399 e. The molecule has 138 valence electrons. The van der Waals surface area contributed by atoms with Crippen LogP contribution < -0.4 is 0 Å². The molecule has 15 heteroatoms. The van der Waals surface area contributed by atoms with Crippen LogP contribution in [0.3, 0.4) is 0 Å². The summed E-state index contributed by atoms with van der Waals surface area (Å²) in [7, 11) is 0. The highest BCUT2D eigenvalue weighted by Gasteiger charge is 2.69. The average molecular weight is 376 g/mol. The number of halogens is 12. The lowest BCUT2D eigenvalue weighted by molar-refractivity contribution is -0.536. The first-order valence-electron chi connectivity index (χ1n) is 4.86. The molecular weight excluding hydrogens is 372 g/mol. The summed E-state index contributed by atoms with van der Waals surface area (Å²) in [4.78, 5) is 0. The van der Waals surface area contributed by atoms with Gasteiger partial charge in [-0.1, -0.05) is 0 Å². The van der Waals surface area contributed by atoms with Crippen LogP contribution in [0.2, 0.25) is 0 Å². The standard InChI is InChI=1S/C8H4F12O3/c9-1-5(14,15)22-7(18,19)8(20,21-4(13)3(11)12)23-6(16,17)2-10/h1-2H2. The van der Waals surface area contributed by atoms with Crippen molar-refractivity contribution in [1.82, 2.24) is 0 Å².